The molecule has 1 N–H and O–H groups in total. The monoisotopic (exact) mass is 388 g/mol. The molecule has 0 fully saturated rings. The van der Waals surface area contributed by atoms with E-state index in [0.717, 1.165) is 37.2 Å². The Kier molecular flexibility index (Phi) is 6.52. The Bertz CT molecular complexity index is 849. The van der Waals surface area contributed by atoms with Gasteiger partial charge in [0.05, 0.1) is 11.5 Å². The van der Waals surface area contributed by atoms with Crippen LogP contribution in [0, 0.1) is 0 Å². The smallest absolute Gasteiger partial charge is 0.240 e. The molecule has 0 spiro atoms. The molecule has 0 aromatic heterocycles. The van der Waals surface area contributed by atoms with Crippen LogP contribution in [-0.2, 0) is 22.9 Å². The first-order valence-corrected chi connectivity index (χ1v) is 11.0. The minimum Gasteiger partial charge on any atom is -0.493 e. The minimum atomic E-state index is -3.55. The minimum absolute atomic E-state index is 0.106. The van der Waals surface area contributed by atoms with Crippen LogP contribution in [0.5, 0.6) is 5.75 Å². The van der Waals surface area contributed by atoms with Crippen molar-refractivity contribution in [3.8, 4) is 5.75 Å². The highest BCUT2D eigenvalue weighted by Crippen LogP contribution is 2.27. The number of nitrogens with one attached hydrogen (secondary N) is 1. The predicted octanol–water partition coefficient (Wildman–Crippen LogP) is 2.85. The van der Waals surface area contributed by atoms with Crippen molar-refractivity contribution < 1.29 is 13.2 Å². The molecule has 6 heteroatoms. The summed E-state index contributed by atoms with van der Waals surface area (Å²) in [5, 5.41) is 0. The molecule has 0 saturated carbocycles. The Morgan fingerprint density at radius 3 is 2.56 bits per heavy atom. The quantitative estimate of drug-likeness (QED) is 0.718. The molecule has 0 aliphatic carbocycles. The SMILES string of the molecule is CCN(CC)C(CNS(=O)(=O)c1ccc2c(c1)CCO2)Cc1ccccc1. The molecule has 0 bridgehead atoms. The van der Waals surface area contributed by atoms with Crippen LogP contribution in [-0.4, -0.2) is 45.6 Å². The highest BCUT2D eigenvalue weighted by Gasteiger charge is 2.22. The van der Waals surface area contributed by atoms with E-state index >= 15 is 0 Å². The number of hydrogen-bond acceptors (Lipinski definition) is 4. The van der Waals surface area contributed by atoms with Crippen LogP contribution in [0.2, 0.25) is 0 Å². The number of ether oxygens (including phenoxy) is 1. The van der Waals surface area contributed by atoms with Gasteiger partial charge < -0.3 is 4.74 Å². The first-order chi connectivity index (χ1) is 13.0. The fourth-order valence-electron chi connectivity index (χ4n) is 3.58. The lowest BCUT2D eigenvalue weighted by atomic mass is 10.0. The molecule has 3 rings (SSSR count). The summed E-state index contributed by atoms with van der Waals surface area (Å²) < 4.78 is 33.9. The Morgan fingerprint density at radius 1 is 1.11 bits per heavy atom. The van der Waals surface area contributed by atoms with Crippen LogP contribution in [0.1, 0.15) is 25.0 Å². The van der Waals surface area contributed by atoms with Crippen molar-refractivity contribution in [3.05, 3.63) is 59.7 Å². The second-order valence-electron chi connectivity index (χ2n) is 6.78. The zero-order chi connectivity index (χ0) is 19.3. The Labute approximate surface area is 162 Å². The zero-order valence-electron chi connectivity index (χ0n) is 16.0. The van der Waals surface area contributed by atoms with E-state index in [4.69, 9.17) is 4.74 Å². The molecule has 1 aliphatic rings. The molecule has 27 heavy (non-hydrogen) atoms. The van der Waals surface area contributed by atoms with Gasteiger partial charge in [-0.05, 0) is 48.8 Å². The van der Waals surface area contributed by atoms with Crippen LogP contribution < -0.4 is 9.46 Å². The second-order valence-corrected chi connectivity index (χ2v) is 8.55. The lowest BCUT2D eigenvalue weighted by Gasteiger charge is -2.30. The van der Waals surface area contributed by atoms with Crippen molar-refractivity contribution in [2.45, 2.75) is 37.6 Å². The zero-order valence-corrected chi connectivity index (χ0v) is 16.8. The number of benzene rings is 2. The summed E-state index contributed by atoms with van der Waals surface area (Å²) in [6.07, 6.45) is 1.57. The first-order valence-electron chi connectivity index (χ1n) is 9.57. The number of sulfonamides is 1. The summed E-state index contributed by atoms with van der Waals surface area (Å²) in [5.41, 5.74) is 2.17. The van der Waals surface area contributed by atoms with Crippen molar-refractivity contribution in [1.82, 2.24) is 9.62 Å². The Hall–Kier alpha value is -1.89. The van der Waals surface area contributed by atoms with E-state index in [1.165, 1.54) is 5.56 Å². The van der Waals surface area contributed by atoms with Crippen LogP contribution in [0.25, 0.3) is 0 Å². The molecule has 0 saturated heterocycles. The van der Waals surface area contributed by atoms with E-state index in [1.807, 2.05) is 18.2 Å². The summed E-state index contributed by atoms with van der Waals surface area (Å²) >= 11 is 0. The number of likely N-dealkylation sites (N-methyl/N-ethyl adjacent to an activating group) is 1. The third-order valence-corrected chi connectivity index (χ3v) is 6.54. The van der Waals surface area contributed by atoms with Crippen molar-refractivity contribution in [1.29, 1.82) is 0 Å². The predicted molar refractivity (Wildman–Crippen MR) is 108 cm³/mol. The van der Waals surface area contributed by atoms with E-state index in [0.29, 0.717) is 18.0 Å². The summed E-state index contributed by atoms with van der Waals surface area (Å²) in [6, 6.07) is 15.4. The van der Waals surface area contributed by atoms with Gasteiger partial charge in [-0.1, -0.05) is 44.2 Å². The normalized spacial score (nSPS) is 14.8. The topological polar surface area (TPSA) is 58.6 Å². The van der Waals surface area contributed by atoms with E-state index in [9.17, 15) is 8.42 Å². The van der Waals surface area contributed by atoms with Gasteiger partial charge in [0.25, 0.3) is 0 Å². The molecule has 1 atom stereocenters. The molecule has 1 heterocycles. The molecule has 2 aromatic carbocycles. The van der Waals surface area contributed by atoms with E-state index in [2.05, 4.69) is 35.6 Å². The molecule has 146 valence electrons. The summed E-state index contributed by atoms with van der Waals surface area (Å²) in [6.45, 7) is 6.98. The molecular weight excluding hydrogens is 360 g/mol. The fourth-order valence-corrected chi connectivity index (χ4v) is 4.70. The molecular formula is C21H28N2O3S. The number of rotatable bonds is 9. The average molecular weight is 389 g/mol. The second kappa shape index (κ2) is 8.87. The molecule has 0 radical (unpaired) electrons. The van der Waals surface area contributed by atoms with Crippen LogP contribution >= 0.6 is 0 Å². The summed E-state index contributed by atoms with van der Waals surface area (Å²) in [4.78, 5) is 2.61. The molecule has 2 aromatic rings. The maximum absolute atomic E-state index is 12.8. The van der Waals surface area contributed by atoms with Crippen molar-refractivity contribution in [2.75, 3.05) is 26.2 Å². The standard InChI is InChI=1S/C21H28N2O3S/c1-3-23(4-2)19(14-17-8-6-5-7-9-17)16-22-27(24,25)20-10-11-21-18(15-20)12-13-26-21/h5-11,15,19,22H,3-4,12-14,16H2,1-2H3. The average Bonchev–Trinajstić information content (AvgIpc) is 3.15. The van der Waals surface area contributed by atoms with E-state index < -0.39 is 10.0 Å². The largest absolute Gasteiger partial charge is 0.493 e. The molecule has 1 aliphatic heterocycles. The lowest BCUT2D eigenvalue weighted by Crippen LogP contribution is -2.45. The van der Waals surface area contributed by atoms with Gasteiger partial charge in [0, 0.05) is 19.0 Å². The molecule has 1 unspecified atom stereocenters. The maximum atomic E-state index is 12.8. The first kappa shape index (κ1) is 19.9. The third-order valence-electron chi connectivity index (χ3n) is 5.12. The van der Waals surface area contributed by atoms with Crippen molar-refractivity contribution in [2.24, 2.45) is 0 Å². The maximum Gasteiger partial charge on any atom is 0.240 e. The number of hydrogen-bond donors (Lipinski definition) is 1. The highest BCUT2D eigenvalue weighted by molar-refractivity contribution is 7.89. The van der Waals surface area contributed by atoms with Crippen LogP contribution in [0.4, 0.5) is 0 Å². The highest BCUT2D eigenvalue weighted by atomic mass is 32.2. The Balaban J connectivity index is 1.73. The van der Waals surface area contributed by atoms with E-state index in [1.54, 1.807) is 18.2 Å². The third kappa shape index (κ3) is 4.89. The van der Waals surface area contributed by atoms with Crippen molar-refractivity contribution in [3.63, 3.8) is 0 Å². The Morgan fingerprint density at radius 2 is 1.85 bits per heavy atom. The van der Waals surface area contributed by atoms with E-state index in [-0.39, 0.29) is 6.04 Å². The van der Waals surface area contributed by atoms with Gasteiger partial charge in [-0.25, -0.2) is 13.1 Å². The molecule has 0 amide bonds. The van der Waals surface area contributed by atoms with Gasteiger partial charge in [0.1, 0.15) is 5.75 Å². The number of nitrogens with zero attached hydrogens (tertiary/aromatic N) is 1. The summed E-state index contributed by atoms with van der Waals surface area (Å²) in [7, 11) is -3.55. The van der Waals surface area contributed by atoms with Gasteiger partial charge >= 0.3 is 0 Å². The fraction of sp³-hybridized carbons (Fsp3) is 0.429. The van der Waals surface area contributed by atoms with Crippen molar-refractivity contribution >= 4 is 10.0 Å². The van der Waals surface area contributed by atoms with Gasteiger partial charge in [0.15, 0.2) is 0 Å². The van der Waals surface area contributed by atoms with Gasteiger partial charge in [-0.2, -0.15) is 0 Å². The van der Waals surface area contributed by atoms with Crippen LogP contribution in [0.3, 0.4) is 0 Å². The van der Waals surface area contributed by atoms with Gasteiger partial charge in [0.2, 0.25) is 10.0 Å². The van der Waals surface area contributed by atoms with Crippen LogP contribution in [0.15, 0.2) is 53.4 Å². The lowest BCUT2D eigenvalue weighted by molar-refractivity contribution is 0.216. The summed E-state index contributed by atoms with van der Waals surface area (Å²) in [5.74, 6) is 0.791. The molecule has 5 nitrogen and oxygen atoms in total. The van der Waals surface area contributed by atoms with Gasteiger partial charge in [-0.15, -0.1) is 0 Å². The number of fused-ring (bicyclic) bond motifs is 1. The van der Waals surface area contributed by atoms with Gasteiger partial charge in [-0.3, -0.25) is 4.90 Å².